The van der Waals surface area contributed by atoms with E-state index in [1.165, 1.54) is 42.1 Å². The molecule has 1 aliphatic heterocycles. The fourth-order valence-electron chi connectivity index (χ4n) is 2.49. The number of hydrogen-bond acceptors (Lipinski definition) is 4. The van der Waals surface area contributed by atoms with E-state index in [1.54, 1.807) is 4.57 Å². The second kappa shape index (κ2) is 6.54. The van der Waals surface area contributed by atoms with Gasteiger partial charge in [0.25, 0.3) is 5.56 Å². The topological polar surface area (TPSA) is 64.0 Å². The Balaban J connectivity index is 1.72. The Morgan fingerprint density at radius 2 is 2.17 bits per heavy atom. The molecule has 1 amide bonds. The molecule has 1 aliphatic rings. The van der Waals surface area contributed by atoms with Crippen LogP contribution in [0.4, 0.5) is 10.1 Å². The maximum absolute atomic E-state index is 12.9. The van der Waals surface area contributed by atoms with Crippen LogP contribution in [0.15, 0.2) is 40.3 Å². The molecule has 0 fully saturated rings. The SMILES string of the molecule is CCc1cc(=O)n2c(n1)SCC2CC(=O)Nc1ccc(F)cc1. The summed E-state index contributed by atoms with van der Waals surface area (Å²) >= 11 is 1.49. The van der Waals surface area contributed by atoms with Crippen LogP contribution in [0.25, 0.3) is 0 Å². The number of fused-ring (bicyclic) bond motifs is 1. The van der Waals surface area contributed by atoms with E-state index in [0.29, 0.717) is 23.0 Å². The van der Waals surface area contributed by atoms with Gasteiger partial charge in [-0.05, 0) is 30.7 Å². The summed E-state index contributed by atoms with van der Waals surface area (Å²) in [6.45, 7) is 1.95. The molecule has 0 spiro atoms. The van der Waals surface area contributed by atoms with Gasteiger partial charge in [-0.1, -0.05) is 18.7 Å². The van der Waals surface area contributed by atoms with Gasteiger partial charge in [-0.25, -0.2) is 9.37 Å². The lowest BCUT2D eigenvalue weighted by atomic mass is 10.2. The van der Waals surface area contributed by atoms with E-state index in [9.17, 15) is 14.0 Å². The predicted octanol–water partition coefficient (Wildman–Crippen LogP) is 2.62. The molecule has 1 aromatic carbocycles. The summed E-state index contributed by atoms with van der Waals surface area (Å²) in [4.78, 5) is 28.8. The second-order valence-electron chi connectivity index (χ2n) is 5.32. The molecule has 2 heterocycles. The summed E-state index contributed by atoms with van der Waals surface area (Å²) in [7, 11) is 0. The molecule has 1 aromatic heterocycles. The normalized spacial score (nSPS) is 16.2. The zero-order chi connectivity index (χ0) is 16.4. The minimum Gasteiger partial charge on any atom is -0.326 e. The molecule has 7 heteroatoms. The third-order valence-electron chi connectivity index (χ3n) is 3.65. The number of carbonyl (C=O) groups excluding carboxylic acids is 1. The van der Waals surface area contributed by atoms with Crippen molar-refractivity contribution in [2.45, 2.75) is 31.0 Å². The largest absolute Gasteiger partial charge is 0.326 e. The smallest absolute Gasteiger partial charge is 0.254 e. The number of aromatic nitrogens is 2. The number of anilines is 1. The first-order chi connectivity index (χ1) is 11.1. The van der Waals surface area contributed by atoms with Crippen LogP contribution in [0.2, 0.25) is 0 Å². The number of benzene rings is 1. The van der Waals surface area contributed by atoms with Gasteiger partial charge in [0.15, 0.2) is 5.16 Å². The number of aryl methyl sites for hydroxylation is 1. The van der Waals surface area contributed by atoms with Gasteiger partial charge in [-0.2, -0.15) is 0 Å². The Morgan fingerprint density at radius 3 is 2.87 bits per heavy atom. The maximum Gasteiger partial charge on any atom is 0.254 e. The average Bonchev–Trinajstić information content (AvgIpc) is 2.92. The Labute approximate surface area is 136 Å². The van der Waals surface area contributed by atoms with Crippen molar-refractivity contribution < 1.29 is 9.18 Å². The van der Waals surface area contributed by atoms with Crippen molar-refractivity contribution in [1.82, 2.24) is 9.55 Å². The van der Waals surface area contributed by atoms with Crippen molar-refractivity contribution >= 4 is 23.4 Å². The molecule has 1 N–H and O–H groups in total. The molecule has 0 bridgehead atoms. The Bertz CT molecular complexity index is 789. The van der Waals surface area contributed by atoms with Gasteiger partial charge >= 0.3 is 0 Å². The zero-order valence-corrected chi connectivity index (χ0v) is 13.4. The van der Waals surface area contributed by atoms with E-state index < -0.39 is 0 Å². The molecule has 23 heavy (non-hydrogen) atoms. The van der Waals surface area contributed by atoms with Crippen molar-refractivity contribution in [3.63, 3.8) is 0 Å². The van der Waals surface area contributed by atoms with Crippen LogP contribution in [-0.4, -0.2) is 21.2 Å². The third kappa shape index (κ3) is 3.44. The van der Waals surface area contributed by atoms with Gasteiger partial charge < -0.3 is 5.32 Å². The van der Waals surface area contributed by atoms with E-state index >= 15 is 0 Å². The van der Waals surface area contributed by atoms with Crippen LogP contribution >= 0.6 is 11.8 Å². The number of carbonyl (C=O) groups is 1. The standard InChI is InChI=1S/C16H16FN3O2S/c1-2-11-7-15(22)20-13(9-23-16(20)19-11)8-14(21)18-12-5-3-10(17)4-6-12/h3-7,13H,2,8-9H2,1H3,(H,18,21). The third-order valence-corrected chi connectivity index (χ3v) is 4.75. The number of rotatable bonds is 4. The van der Waals surface area contributed by atoms with Crippen LogP contribution in [-0.2, 0) is 11.2 Å². The van der Waals surface area contributed by atoms with E-state index in [0.717, 1.165) is 5.69 Å². The maximum atomic E-state index is 12.9. The summed E-state index contributed by atoms with van der Waals surface area (Å²) in [5.41, 5.74) is 1.19. The van der Waals surface area contributed by atoms with Gasteiger partial charge in [0, 0.05) is 29.6 Å². The van der Waals surface area contributed by atoms with Crippen molar-refractivity contribution in [2.75, 3.05) is 11.1 Å². The molecular formula is C16H16FN3O2S. The highest BCUT2D eigenvalue weighted by Crippen LogP contribution is 2.32. The summed E-state index contributed by atoms with van der Waals surface area (Å²) in [5.74, 6) is 0.0849. The van der Waals surface area contributed by atoms with Gasteiger partial charge in [0.1, 0.15) is 5.82 Å². The van der Waals surface area contributed by atoms with Gasteiger partial charge in [-0.15, -0.1) is 0 Å². The highest BCUT2D eigenvalue weighted by molar-refractivity contribution is 7.99. The minimum absolute atomic E-state index is 0.114. The number of thioether (sulfide) groups is 1. The molecule has 3 rings (SSSR count). The number of amides is 1. The quantitative estimate of drug-likeness (QED) is 0.874. The number of hydrogen-bond donors (Lipinski definition) is 1. The lowest BCUT2D eigenvalue weighted by molar-refractivity contribution is -0.116. The number of nitrogens with zero attached hydrogens (tertiary/aromatic N) is 2. The van der Waals surface area contributed by atoms with Crippen molar-refractivity contribution in [3.8, 4) is 0 Å². The highest BCUT2D eigenvalue weighted by Gasteiger charge is 2.27. The van der Waals surface area contributed by atoms with Crippen molar-refractivity contribution in [1.29, 1.82) is 0 Å². The lowest BCUT2D eigenvalue weighted by Gasteiger charge is -2.13. The van der Waals surface area contributed by atoms with Gasteiger partial charge in [0.05, 0.1) is 6.04 Å². The molecule has 0 aliphatic carbocycles. The van der Waals surface area contributed by atoms with E-state index in [4.69, 9.17) is 0 Å². The lowest BCUT2D eigenvalue weighted by Crippen LogP contribution is -2.27. The molecule has 1 atom stereocenters. The number of nitrogens with one attached hydrogen (secondary N) is 1. The monoisotopic (exact) mass is 333 g/mol. The van der Waals surface area contributed by atoms with Crippen molar-refractivity contribution in [2.24, 2.45) is 0 Å². The van der Waals surface area contributed by atoms with E-state index in [2.05, 4.69) is 10.3 Å². The fraction of sp³-hybridized carbons (Fsp3) is 0.312. The Morgan fingerprint density at radius 1 is 1.43 bits per heavy atom. The van der Waals surface area contributed by atoms with Crippen LogP contribution in [0.5, 0.6) is 0 Å². The first kappa shape index (κ1) is 15.7. The van der Waals surface area contributed by atoms with Crippen LogP contribution in [0, 0.1) is 5.82 Å². The average molecular weight is 333 g/mol. The molecule has 0 saturated heterocycles. The fourth-order valence-corrected chi connectivity index (χ4v) is 3.66. The molecule has 0 radical (unpaired) electrons. The summed E-state index contributed by atoms with van der Waals surface area (Å²) < 4.78 is 14.5. The zero-order valence-electron chi connectivity index (χ0n) is 12.6. The first-order valence-electron chi connectivity index (χ1n) is 7.37. The molecule has 5 nitrogen and oxygen atoms in total. The highest BCUT2D eigenvalue weighted by atomic mass is 32.2. The summed E-state index contributed by atoms with van der Waals surface area (Å²) in [6, 6.07) is 6.91. The van der Waals surface area contributed by atoms with Gasteiger partial charge in [0.2, 0.25) is 5.91 Å². The van der Waals surface area contributed by atoms with E-state index in [1.807, 2.05) is 6.92 Å². The predicted molar refractivity (Wildman–Crippen MR) is 87.3 cm³/mol. The van der Waals surface area contributed by atoms with Gasteiger partial charge in [-0.3, -0.25) is 14.2 Å². The second-order valence-corrected chi connectivity index (χ2v) is 6.30. The van der Waals surface area contributed by atoms with Crippen molar-refractivity contribution in [3.05, 3.63) is 52.2 Å². The molecule has 1 unspecified atom stereocenters. The molecular weight excluding hydrogens is 317 g/mol. The Kier molecular flexibility index (Phi) is 4.47. The molecule has 2 aromatic rings. The number of halogens is 1. The van der Waals surface area contributed by atoms with Crippen LogP contribution in [0.3, 0.4) is 0 Å². The van der Waals surface area contributed by atoms with Crippen LogP contribution in [0.1, 0.15) is 25.1 Å². The van der Waals surface area contributed by atoms with E-state index in [-0.39, 0.29) is 29.7 Å². The summed E-state index contributed by atoms with van der Waals surface area (Å²) in [6.07, 6.45) is 0.893. The van der Waals surface area contributed by atoms with Crippen LogP contribution < -0.4 is 10.9 Å². The summed E-state index contributed by atoms with van der Waals surface area (Å²) in [5, 5.41) is 3.39. The molecule has 0 saturated carbocycles. The Hall–Kier alpha value is -2.15. The minimum atomic E-state index is -0.353. The first-order valence-corrected chi connectivity index (χ1v) is 8.36. The molecule has 120 valence electrons.